The van der Waals surface area contributed by atoms with Gasteiger partial charge in [0.1, 0.15) is 17.7 Å². The molecule has 0 unspecified atom stereocenters. The Balaban J connectivity index is 2.38. The van der Waals surface area contributed by atoms with Crippen LogP contribution in [0.1, 0.15) is 105 Å². The number of carbonyl (C=O) groups is 5. The van der Waals surface area contributed by atoms with Crippen LogP contribution in [-0.2, 0) is 23.9 Å². The van der Waals surface area contributed by atoms with E-state index in [9.17, 15) is 24.0 Å². The predicted octanol–water partition coefficient (Wildman–Crippen LogP) is 4.02. The average Bonchev–Trinajstić information content (AvgIpc) is 3.29. The second kappa shape index (κ2) is 16.5. The number of fused-ring (bicyclic) bond motifs is 1. The highest BCUT2D eigenvalue weighted by Gasteiger charge is 2.45. The molecule has 10 nitrogen and oxygen atoms in total. The molecule has 232 valence electrons. The predicted molar refractivity (Wildman–Crippen MR) is 158 cm³/mol. The SMILES string of the molecule is C=CCNC(=O)C(=O)[C@@H]1CCCCCCCCC[C@H](NC(=O)OC(C)(C)C)C(=O)N2CC[C@H](CC(C)C)[C@H]2C(=O)N1. The third-order valence-electron chi connectivity index (χ3n) is 7.59. The molecule has 0 aliphatic carbocycles. The number of carbonyl (C=O) groups excluding carboxylic acids is 5. The topological polar surface area (TPSA) is 134 Å². The number of ketones is 1. The van der Waals surface area contributed by atoms with Crippen LogP contribution in [0.5, 0.6) is 0 Å². The Morgan fingerprint density at radius 1 is 1.02 bits per heavy atom. The van der Waals surface area contributed by atoms with Crippen molar-refractivity contribution in [1.82, 2.24) is 20.9 Å². The lowest BCUT2D eigenvalue weighted by molar-refractivity contribution is -0.143. The van der Waals surface area contributed by atoms with Crippen LogP contribution in [0.15, 0.2) is 12.7 Å². The Kier molecular flexibility index (Phi) is 13.8. The Labute approximate surface area is 245 Å². The van der Waals surface area contributed by atoms with Gasteiger partial charge in [-0.25, -0.2) is 4.79 Å². The zero-order valence-electron chi connectivity index (χ0n) is 25.8. The summed E-state index contributed by atoms with van der Waals surface area (Å²) in [4.78, 5) is 67.7. The molecule has 2 rings (SSSR count). The summed E-state index contributed by atoms with van der Waals surface area (Å²) in [6.07, 6.45) is 9.25. The third kappa shape index (κ3) is 11.5. The molecule has 4 atom stereocenters. The molecule has 3 N–H and O–H groups in total. The summed E-state index contributed by atoms with van der Waals surface area (Å²) in [7, 11) is 0. The molecule has 2 fully saturated rings. The first-order valence-electron chi connectivity index (χ1n) is 15.4. The number of Topliss-reactive ketones (excluding diaryl/α,β-unsaturated/α-hetero) is 1. The Morgan fingerprint density at radius 3 is 2.22 bits per heavy atom. The van der Waals surface area contributed by atoms with Crippen LogP contribution in [0.25, 0.3) is 0 Å². The van der Waals surface area contributed by atoms with Crippen molar-refractivity contribution >= 4 is 29.6 Å². The normalized spacial score (nSPS) is 25.2. The van der Waals surface area contributed by atoms with E-state index in [1.54, 1.807) is 25.7 Å². The molecule has 0 aromatic rings. The zero-order chi connectivity index (χ0) is 30.6. The van der Waals surface area contributed by atoms with Gasteiger partial charge >= 0.3 is 6.09 Å². The van der Waals surface area contributed by atoms with E-state index < -0.39 is 47.4 Å². The number of amides is 4. The van der Waals surface area contributed by atoms with Crippen LogP contribution in [0.4, 0.5) is 4.79 Å². The number of hydrogen-bond acceptors (Lipinski definition) is 6. The maximum Gasteiger partial charge on any atom is 0.408 e. The lowest BCUT2D eigenvalue weighted by Gasteiger charge is -2.32. The van der Waals surface area contributed by atoms with Crippen LogP contribution in [0.2, 0.25) is 0 Å². The molecule has 10 heteroatoms. The lowest BCUT2D eigenvalue weighted by Crippen LogP contribution is -2.57. The Bertz CT molecular complexity index is 928. The van der Waals surface area contributed by atoms with Crippen molar-refractivity contribution in [3.05, 3.63) is 12.7 Å². The highest BCUT2D eigenvalue weighted by Crippen LogP contribution is 2.31. The fourth-order valence-corrected chi connectivity index (χ4v) is 5.74. The number of alkyl carbamates (subject to hydrolysis) is 1. The van der Waals surface area contributed by atoms with E-state index in [1.807, 2.05) is 0 Å². The van der Waals surface area contributed by atoms with Crippen LogP contribution in [0, 0.1) is 11.8 Å². The molecule has 2 aliphatic heterocycles. The lowest BCUT2D eigenvalue weighted by atomic mass is 9.89. The van der Waals surface area contributed by atoms with Crippen LogP contribution in [-0.4, -0.2) is 71.3 Å². The molecule has 2 aliphatic rings. The third-order valence-corrected chi connectivity index (χ3v) is 7.59. The van der Waals surface area contributed by atoms with Crippen molar-refractivity contribution < 1.29 is 28.7 Å². The standard InChI is InChI=1S/C31H52N4O6/c1-7-18-32-28(38)26(36)23-15-13-11-9-8-10-12-14-16-24(34-30(40)41-31(4,5)6)29(39)35-19-17-22(20-21(2)3)25(35)27(37)33-23/h7,21-25H,1,8-20H2,2-6H3,(H,32,38)(H,33,37)(H,34,40)/t22-,23+,24+,25+/m1/s1. The molecular formula is C31H52N4O6. The number of nitrogens with one attached hydrogen (secondary N) is 3. The van der Waals surface area contributed by atoms with Crippen molar-refractivity contribution in [3.8, 4) is 0 Å². The molecular weight excluding hydrogens is 524 g/mol. The molecule has 0 bridgehead atoms. The van der Waals surface area contributed by atoms with Gasteiger partial charge in [-0.1, -0.05) is 64.9 Å². The summed E-state index contributed by atoms with van der Waals surface area (Å²) in [5.74, 6) is -2.02. The molecule has 2 heterocycles. The fraction of sp³-hybridized carbons (Fsp3) is 0.774. The summed E-state index contributed by atoms with van der Waals surface area (Å²) in [5.41, 5.74) is -0.719. The first-order valence-corrected chi connectivity index (χ1v) is 15.4. The summed E-state index contributed by atoms with van der Waals surface area (Å²) < 4.78 is 5.44. The van der Waals surface area contributed by atoms with Gasteiger partial charge in [0, 0.05) is 13.1 Å². The van der Waals surface area contributed by atoms with E-state index in [-0.39, 0.29) is 18.4 Å². The minimum atomic E-state index is -0.979. The van der Waals surface area contributed by atoms with Crippen LogP contribution >= 0.6 is 0 Å². The quantitative estimate of drug-likeness (QED) is 0.310. The van der Waals surface area contributed by atoms with Crippen molar-refractivity contribution in [2.45, 2.75) is 129 Å². The second-order valence-corrected chi connectivity index (χ2v) is 12.8. The van der Waals surface area contributed by atoms with Crippen molar-refractivity contribution in [2.24, 2.45) is 11.8 Å². The molecule has 4 amide bonds. The Morgan fingerprint density at radius 2 is 1.63 bits per heavy atom. The van der Waals surface area contributed by atoms with Gasteiger partial charge in [0.05, 0.1) is 6.04 Å². The monoisotopic (exact) mass is 576 g/mol. The van der Waals surface area contributed by atoms with Crippen LogP contribution < -0.4 is 16.0 Å². The van der Waals surface area contributed by atoms with E-state index >= 15 is 0 Å². The maximum atomic E-state index is 14.0. The van der Waals surface area contributed by atoms with E-state index in [0.29, 0.717) is 38.1 Å². The van der Waals surface area contributed by atoms with Gasteiger partial charge in [-0.05, 0) is 58.3 Å². The molecule has 41 heavy (non-hydrogen) atoms. The highest BCUT2D eigenvalue weighted by atomic mass is 16.6. The van der Waals surface area contributed by atoms with E-state index in [2.05, 4.69) is 36.4 Å². The molecule has 2 saturated heterocycles. The fourth-order valence-electron chi connectivity index (χ4n) is 5.74. The summed E-state index contributed by atoms with van der Waals surface area (Å²) in [5, 5.41) is 8.15. The van der Waals surface area contributed by atoms with E-state index in [4.69, 9.17) is 4.74 Å². The minimum absolute atomic E-state index is 0.106. The van der Waals surface area contributed by atoms with Gasteiger partial charge in [-0.15, -0.1) is 6.58 Å². The van der Waals surface area contributed by atoms with Crippen molar-refractivity contribution in [1.29, 1.82) is 0 Å². The summed E-state index contributed by atoms with van der Waals surface area (Å²) >= 11 is 0. The largest absolute Gasteiger partial charge is 0.444 e. The average molecular weight is 577 g/mol. The molecule has 0 radical (unpaired) electrons. The molecule has 0 saturated carbocycles. The van der Waals surface area contributed by atoms with Gasteiger partial charge in [0.2, 0.25) is 17.6 Å². The first kappa shape index (κ1) is 34.3. The number of rotatable bonds is 7. The smallest absolute Gasteiger partial charge is 0.408 e. The second-order valence-electron chi connectivity index (χ2n) is 12.8. The summed E-state index contributed by atoms with van der Waals surface area (Å²) in [6.45, 7) is 13.5. The van der Waals surface area contributed by atoms with Gasteiger partial charge in [0.15, 0.2) is 0 Å². The minimum Gasteiger partial charge on any atom is -0.444 e. The first-order chi connectivity index (χ1) is 19.3. The van der Waals surface area contributed by atoms with Gasteiger partial charge in [-0.2, -0.15) is 0 Å². The molecule has 0 aromatic carbocycles. The number of hydrogen-bond donors (Lipinski definition) is 3. The van der Waals surface area contributed by atoms with Crippen LogP contribution in [0.3, 0.4) is 0 Å². The molecule has 0 spiro atoms. The zero-order valence-corrected chi connectivity index (χ0v) is 25.8. The highest BCUT2D eigenvalue weighted by molar-refractivity contribution is 6.38. The maximum absolute atomic E-state index is 14.0. The Hall–Kier alpha value is -2.91. The summed E-state index contributed by atoms with van der Waals surface area (Å²) in [6, 6.07) is -2.60. The van der Waals surface area contributed by atoms with E-state index in [0.717, 1.165) is 44.9 Å². The molecule has 0 aromatic heterocycles. The number of nitrogens with zero attached hydrogens (tertiary/aromatic N) is 1. The van der Waals surface area contributed by atoms with Gasteiger partial charge < -0.3 is 25.6 Å². The van der Waals surface area contributed by atoms with Gasteiger partial charge in [-0.3, -0.25) is 19.2 Å². The van der Waals surface area contributed by atoms with Crippen molar-refractivity contribution in [2.75, 3.05) is 13.1 Å². The van der Waals surface area contributed by atoms with Gasteiger partial charge in [0.25, 0.3) is 5.91 Å². The van der Waals surface area contributed by atoms with E-state index in [1.165, 1.54) is 6.08 Å². The number of ether oxygens (including phenoxy) is 1. The van der Waals surface area contributed by atoms with Crippen molar-refractivity contribution in [3.63, 3.8) is 0 Å².